The molecule has 0 aliphatic rings. The summed E-state index contributed by atoms with van der Waals surface area (Å²) in [5.41, 5.74) is 0.790. The van der Waals surface area contributed by atoms with E-state index >= 15 is 0 Å². The van der Waals surface area contributed by atoms with Gasteiger partial charge in [-0.2, -0.15) is 0 Å². The number of nitrogens with zero attached hydrogens (tertiary/aromatic N) is 1. The lowest BCUT2D eigenvalue weighted by molar-refractivity contribution is -0.139. The van der Waals surface area contributed by atoms with Crippen LogP contribution in [0.2, 0.25) is 0 Å². The van der Waals surface area contributed by atoms with E-state index in [0.29, 0.717) is 16.8 Å². The number of hydrogen-bond donors (Lipinski definition) is 4. The molecule has 0 fully saturated rings. The number of alkyl carbamates (subject to hydrolysis) is 1. The molecule has 2 atom stereocenters. The van der Waals surface area contributed by atoms with E-state index in [9.17, 15) is 24.6 Å². The zero-order valence-electron chi connectivity index (χ0n) is 24.0. The molecule has 0 aromatic heterocycles. The zero-order valence-corrected chi connectivity index (χ0v) is 24.0. The van der Waals surface area contributed by atoms with Crippen molar-refractivity contribution in [2.24, 2.45) is 0 Å². The van der Waals surface area contributed by atoms with Gasteiger partial charge in [0.15, 0.2) is 0 Å². The van der Waals surface area contributed by atoms with Crippen LogP contribution < -0.4 is 10.6 Å². The van der Waals surface area contributed by atoms with Crippen molar-refractivity contribution in [3.8, 4) is 11.5 Å². The van der Waals surface area contributed by atoms with Gasteiger partial charge in [-0.1, -0.05) is 54.6 Å². The van der Waals surface area contributed by atoms with Gasteiger partial charge in [0.05, 0.1) is 0 Å². The molecule has 0 saturated carbocycles. The van der Waals surface area contributed by atoms with Crippen LogP contribution in [0.5, 0.6) is 11.5 Å². The van der Waals surface area contributed by atoms with Crippen LogP contribution in [-0.2, 0) is 20.7 Å². The molecule has 0 saturated heterocycles. The number of aromatic hydroxyl groups is 2. The number of hydrogen-bond acceptors (Lipinski definition) is 6. The van der Waals surface area contributed by atoms with E-state index in [2.05, 4.69) is 10.6 Å². The van der Waals surface area contributed by atoms with Crippen LogP contribution in [0.3, 0.4) is 0 Å². The van der Waals surface area contributed by atoms with Crippen molar-refractivity contribution in [2.45, 2.75) is 44.9 Å². The second-order valence-electron chi connectivity index (χ2n) is 11.1. The summed E-state index contributed by atoms with van der Waals surface area (Å²) >= 11 is 0. The first-order chi connectivity index (χ1) is 19.9. The fourth-order valence-electron chi connectivity index (χ4n) is 4.61. The highest BCUT2D eigenvalue weighted by Crippen LogP contribution is 2.27. The highest BCUT2D eigenvalue weighted by atomic mass is 16.6. The van der Waals surface area contributed by atoms with E-state index in [1.165, 1.54) is 36.2 Å². The minimum atomic E-state index is -1.15. The van der Waals surface area contributed by atoms with Gasteiger partial charge in [-0.15, -0.1) is 0 Å². The van der Waals surface area contributed by atoms with Gasteiger partial charge < -0.3 is 30.5 Å². The number of phenols is 2. The molecule has 4 aromatic carbocycles. The average Bonchev–Trinajstić information content (AvgIpc) is 2.92. The smallest absolute Gasteiger partial charge is 0.408 e. The van der Waals surface area contributed by atoms with Crippen LogP contribution in [0.15, 0.2) is 91.0 Å². The van der Waals surface area contributed by atoms with Crippen molar-refractivity contribution in [2.75, 3.05) is 12.4 Å². The zero-order chi connectivity index (χ0) is 30.4. The Balaban J connectivity index is 1.66. The standard InChI is InChI=1S/C33H35N3O6/c1-33(2,3)42-32(41)35-28(18-21-12-16-26(37)17-13-21)31(40)36(4)29(24-10-7-11-27(38)20-24)30(39)34-25-15-14-22-8-5-6-9-23(22)19-25/h5-17,19-20,28-29,37-38H,18H2,1-4H3,(H,34,39)(H,35,41). The monoisotopic (exact) mass is 569 g/mol. The number of phenolic OH excluding ortho intramolecular Hbond substituents is 2. The van der Waals surface area contributed by atoms with Gasteiger partial charge in [-0.05, 0) is 79.1 Å². The lowest BCUT2D eigenvalue weighted by Gasteiger charge is -2.32. The first-order valence-electron chi connectivity index (χ1n) is 13.5. The van der Waals surface area contributed by atoms with Crippen LogP contribution in [0.1, 0.15) is 37.9 Å². The van der Waals surface area contributed by atoms with Crippen molar-refractivity contribution in [1.29, 1.82) is 0 Å². The topological polar surface area (TPSA) is 128 Å². The van der Waals surface area contributed by atoms with Gasteiger partial charge >= 0.3 is 6.09 Å². The largest absolute Gasteiger partial charge is 0.508 e. The molecule has 9 heteroatoms. The lowest BCUT2D eigenvalue weighted by Crippen LogP contribution is -2.52. The minimum Gasteiger partial charge on any atom is -0.508 e. The van der Waals surface area contributed by atoms with E-state index in [0.717, 1.165) is 10.8 Å². The van der Waals surface area contributed by atoms with Crippen LogP contribution in [0, 0.1) is 0 Å². The summed E-state index contributed by atoms with van der Waals surface area (Å²) in [6.45, 7) is 5.14. The molecule has 218 valence electrons. The number of rotatable bonds is 8. The molecule has 2 unspecified atom stereocenters. The Morgan fingerprint density at radius 2 is 1.52 bits per heavy atom. The van der Waals surface area contributed by atoms with Crippen molar-refractivity contribution in [3.05, 3.63) is 102 Å². The molecule has 0 aliphatic heterocycles. The van der Waals surface area contributed by atoms with Crippen molar-refractivity contribution in [3.63, 3.8) is 0 Å². The maximum absolute atomic E-state index is 14.0. The highest BCUT2D eigenvalue weighted by Gasteiger charge is 2.34. The molecule has 4 N–H and O–H groups in total. The van der Waals surface area contributed by atoms with Gasteiger partial charge in [-0.25, -0.2) is 4.79 Å². The van der Waals surface area contributed by atoms with Crippen molar-refractivity contribution >= 4 is 34.4 Å². The van der Waals surface area contributed by atoms with Crippen LogP contribution >= 0.6 is 0 Å². The van der Waals surface area contributed by atoms with E-state index in [-0.39, 0.29) is 17.9 Å². The molecule has 9 nitrogen and oxygen atoms in total. The maximum Gasteiger partial charge on any atom is 0.408 e. The van der Waals surface area contributed by atoms with Crippen LogP contribution in [0.4, 0.5) is 10.5 Å². The predicted octanol–water partition coefficient (Wildman–Crippen LogP) is 5.53. The van der Waals surface area contributed by atoms with Crippen LogP contribution in [0.25, 0.3) is 10.8 Å². The van der Waals surface area contributed by atoms with Gasteiger partial charge in [-0.3, -0.25) is 9.59 Å². The predicted molar refractivity (Wildman–Crippen MR) is 161 cm³/mol. The quantitative estimate of drug-likeness (QED) is 0.221. The molecule has 3 amide bonds. The number of carbonyl (C=O) groups excluding carboxylic acids is 3. The third kappa shape index (κ3) is 7.78. The third-order valence-corrected chi connectivity index (χ3v) is 6.55. The average molecular weight is 570 g/mol. The molecule has 0 aliphatic carbocycles. The Kier molecular flexibility index (Phi) is 9.00. The van der Waals surface area contributed by atoms with E-state index in [4.69, 9.17) is 4.74 Å². The minimum absolute atomic E-state index is 0.0631. The molecule has 0 spiro atoms. The molecule has 4 aromatic rings. The molecule has 4 rings (SSSR count). The Hall–Kier alpha value is -5.05. The highest BCUT2D eigenvalue weighted by molar-refractivity contribution is 6.00. The second-order valence-corrected chi connectivity index (χ2v) is 11.1. The number of fused-ring (bicyclic) bond motifs is 1. The summed E-state index contributed by atoms with van der Waals surface area (Å²) in [5.74, 6) is -1.07. The number of amides is 3. The summed E-state index contributed by atoms with van der Waals surface area (Å²) in [4.78, 5) is 41.8. The van der Waals surface area contributed by atoms with Crippen molar-refractivity contribution < 1.29 is 29.3 Å². The van der Waals surface area contributed by atoms with Gasteiger partial charge in [0.25, 0.3) is 5.91 Å². The number of carbonyl (C=O) groups is 3. The van der Waals surface area contributed by atoms with E-state index in [1.54, 1.807) is 51.1 Å². The van der Waals surface area contributed by atoms with Gasteiger partial charge in [0.1, 0.15) is 29.2 Å². The summed E-state index contributed by atoms with van der Waals surface area (Å²) in [5, 5.41) is 27.4. The fraction of sp³-hybridized carbons (Fsp3) is 0.242. The third-order valence-electron chi connectivity index (χ3n) is 6.55. The number of benzene rings is 4. The maximum atomic E-state index is 14.0. The number of likely N-dealkylation sites (N-methyl/N-ethyl adjacent to an activating group) is 1. The van der Waals surface area contributed by atoms with Crippen molar-refractivity contribution in [1.82, 2.24) is 10.2 Å². The Labute approximate surface area is 244 Å². The molecular weight excluding hydrogens is 534 g/mol. The molecule has 0 radical (unpaired) electrons. The SMILES string of the molecule is CN(C(=O)C(Cc1ccc(O)cc1)NC(=O)OC(C)(C)C)C(C(=O)Nc1ccc2ccccc2c1)c1cccc(O)c1. The molecule has 0 heterocycles. The van der Waals surface area contributed by atoms with Crippen LogP contribution in [-0.4, -0.2) is 51.7 Å². The summed E-state index contributed by atoms with van der Waals surface area (Å²) in [7, 11) is 1.47. The summed E-state index contributed by atoms with van der Waals surface area (Å²) in [6.07, 6.45) is -0.718. The summed E-state index contributed by atoms with van der Waals surface area (Å²) < 4.78 is 5.40. The molecule has 42 heavy (non-hydrogen) atoms. The Bertz CT molecular complexity index is 1580. The lowest BCUT2D eigenvalue weighted by atomic mass is 10.0. The molecular formula is C33H35N3O6. The normalized spacial score (nSPS) is 12.7. The Morgan fingerprint density at radius 1 is 0.833 bits per heavy atom. The summed E-state index contributed by atoms with van der Waals surface area (Å²) in [6, 6.07) is 23.4. The Morgan fingerprint density at radius 3 is 2.19 bits per heavy atom. The number of anilines is 1. The van der Waals surface area contributed by atoms with Gasteiger partial charge in [0, 0.05) is 19.2 Å². The van der Waals surface area contributed by atoms with E-state index in [1.807, 2.05) is 36.4 Å². The van der Waals surface area contributed by atoms with Gasteiger partial charge in [0.2, 0.25) is 5.91 Å². The first-order valence-corrected chi connectivity index (χ1v) is 13.5. The first kappa shape index (κ1) is 29.9. The number of nitrogens with one attached hydrogen (secondary N) is 2. The number of ether oxygens (including phenoxy) is 1. The fourth-order valence-corrected chi connectivity index (χ4v) is 4.61. The van der Waals surface area contributed by atoms with E-state index < -0.39 is 35.6 Å². The molecule has 0 bridgehead atoms. The second kappa shape index (κ2) is 12.6.